The predicted octanol–water partition coefficient (Wildman–Crippen LogP) is 4.42. The van der Waals surface area contributed by atoms with E-state index in [1.807, 2.05) is 24.3 Å². The summed E-state index contributed by atoms with van der Waals surface area (Å²) in [6, 6.07) is 12.1. The zero-order chi connectivity index (χ0) is 14.7. The Hall–Kier alpha value is -2.00. The summed E-state index contributed by atoms with van der Waals surface area (Å²) in [5.41, 5.74) is 2.04. The molecule has 20 heavy (non-hydrogen) atoms. The molecule has 0 fully saturated rings. The summed E-state index contributed by atoms with van der Waals surface area (Å²) in [6.07, 6.45) is 0. The standard InChI is InChI=1S/C16H16ClNO2/c1-10(2)11-4-3-5-13(8-11)18-16(20)14-7-6-12(17)9-15(14)19/h3-10,19H,1-2H3,(H,18,20). The third-order valence-corrected chi connectivity index (χ3v) is 3.25. The van der Waals surface area contributed by atoms with Crippen LogP contribution < -0.4 is 5.32 Å². The molecule has 0 saturated heterocycles. The molecule has 0 spiro atoms. The van der Waals surface area contributed by atoms with E-state index in [0.29, 0.717) is 16.6 Å². The highest BCUT2D eigenvalue weighted by molar-refractivity contribution is 6.30. The second-order valence-electron chi connectivity index (χ2n) is 4.90. The van der Waals surface area contributed by atoms with Gasteiger partial charge in [0, 0.05) is 10.7 Å². The third-order valence-electron chi connectivity index (χ3n) is 3.02. The minimum Gasteiger partial charge on any atom is -0.507 e. The number of phenolic OH excluding ortho intramolecular Hbond substituents is 1. The Morgan fingerprint density at radius 3 is 2.60 bits per heavy atom. The summed E-state index contributed by atoms with van der Waals surface area (Å²) in [6.45, 7) is 4.18. The number of rotatable bonds is 3. The first-order chi connectivity index (χ1) is 9.47. The Kier molecular flexibility index (Phi) is 4.30. The molecule has 0 atom stereocenters. The van der Waals surface area contributed by atoms with Crippen molar-refractivity contribution in [1.29, 1.82) is 0 Å². The van der Waals surface area contributed by atoms with E-state index in [-0.39, 0.29) is 17.2 Å². The van der Waals surface area contributed by atoms with Crippen LogP contribution in [0.3, 0.4) is 0 Å². The second-order valence-corrected chi connectivity index (χ2v) is 5.33. The van der Waals surface area contributed by atoms with Crippen LogP contribution in [-0.2, 0) is 0 Å². The maximum Gasteiger partial charge on any atom is 0.259 e. The monoisotopic (exact) mass is 289 g/mol. The van der Waals surface area contributed by atoms with Crippen LogP contribution >= 0.6 is 11.6 Å². The topological polar surface area (TPSA) is 49.3 Å². The summed E-state index contributed by atoms with van der Waals surface area (Å²) in [7, 11) is 0. The largest absolute Gasteiger partial charge is 0.507 e. The summed E-state index contributed by atoms with van der Waals surface area (Å²) in [5.74, 6) is -0.106. The minimum absolute atomic E-state index is 0.130. The highest BCUT2D eigenvalue weighted by Gasteiger charge is 2.12. The van der Waals surface area contributed by atoms with Crippen LogP contribution in [0.25, 0.3) is 0 Å². The minimum atomic E-state index is -0.361. The Bertz CT molecular complexity index is 638. The number of phenols is 1. The van der Waals surface area contributed by atoms with Crippen molar-refractivity contribution >= 4 is 23.2 Å². The van der Waals surface area contributed by atoms with Gasteiger partial charge in [-0.15, -0.1) is 0 Å². The van der Waals surface area contributed by atoms with Crippen molar-refractivity contribution in [1.82, 2.24) is 0 Å². The molecule has 0 unspecified atom stereocenters. The number of carbonyl (C=O) groups is 1. The van der Waals surface area contributed by atoms with E-state index in [4.69, 9.17) is 11.6 Å². The summed E-state index contributed by atoms with van der Waals surface area (Å²) in [4.78, 5) is 12.1. The third kappa shape index (κ3) is 3.31. The average Bonchev–Trinajstić information content (AvgIpc) is 2.38. The van der Waals surface area contributed by atoms with Gasteiger partial charge in [0.15, 0.2) is 0 Å². The van der Waals surface area contributed by atoms with Crippen molar-refractivity contribution in [3.63, 3.8) is 0 Å². The Balaban J connectivity index is 2.21. The number of benzene rings is 2. The molecule has 3 nitrogen and oxygen atoms in total. The zero-order valence-electron chi connectivity index (χ0n) is 11.4. The Morgan fingerprint density at radius 1 is 1.20 bits per heavy atom. The van der Waals surface area contributed by atoms with E-state index in [0.717, 1.165) is 5.56 Å². The number of halogens is 1. The van der Waals surface area contributed by atoms with Crippen molar-refractivity contribution in [3.05, 3.63) is 58.6 Å². The first-order valence-electron chi connectivity index (χ1n) is 6.37. The van der Waals surface area contributed by atoms with Crippen LogP contribution in [-0.4, -0.2) is 11.0 Å². The SMILES string of the molecule is CC(C)c1cccc(NC(=O)c2ccc(Cl)cc2O)c1. The van der Waals surface area contributed by atoms with Crippen LogP contribution in [0.15, 0.2) is 42.5 Å². The molecule has 104 valence electrons. The van der Waals surface area contributed by atoms with Gasteiger partial charge in [-0.1, -0.05) is 37.6 Å². The number of anilines is 1. The molecule has 0 aromatic heterocycles. The fourth-order valence-electron chi connectivity index (χ4n) is 1.87. The Labute approximate surface area is 123 Å². The molecule has 0 radical (unpaired) electrons. The van der Waals surface area contributed by atoms with Gasteiger partial charge in [0.05, 0.1) is 5.56 Å². The molecular formula is C16H16ClNO2. The van der Waals surface area contributed by atoms with Gasteiger partial charge in [0.2, 0.25) is 0 Å². The van der Waals surface area contributed by atoms with E-state index in [1.165, 1.54) is 12.1 Å². The maximum atomic E-state index is 12.1. The highest BCUT2D eigenvalue weighted by Crippen LogP contribution is 2.24. The van der Waals surface area contributed by atoms with Crippen molar-refractivity contribution in [2.45, 2.75) is 19.8 Å². The average molecular weight is 290 g/mol. The van der Waals surface area contributed by atoms with Crippen molar-refractivity contribution < 1.29 is 9.90 Å². The lowest BCUT2D eigenvalue weighted by Crippen LogP contribution is -2.12. The van der Waals surface area contributed by atoms with Gasteiger partial charge >= 0.3 is 0 Å². The molecule has 0 bridgehead atoms. The van der Waals surface area contributed by atoms with Gasteiger partial charge in [-0.25, -0.2) is 0 Å². The molecule has 0 aliphatic heterocycles. The molecule has 2 aromatic carbocycles. The quantitative estimate of drug-likeness (QED) is 0.878. The van der Waals surface area contributed by atoms with Crippen molar-refractivity contribution in [2.24, 2.45) is 0 Å². The molecule has 2 N–H and O–H groups in total. The van der Waals surface area contributed by atoms with Crippen LogP contribution in [0.4, 0.5) is 5.69 Å². The normalized spacial score (nSPS) is 10.6. The van der Waals surface area contributed by atoms with Crippen LogP contribution in [0.2, 0.25) is 5.02 Å². The fraction of sp³-hybridized carbons (Fsp3) is 0.188. The molecule has 0 aliphatic carbocycles. The predicted molar refractivity (Wildman–Crippen MR) is 81.6 cm³/mol. The smallest absolute Gasteiger partial charge is 0.259 e. The number of nitrogens with one attached hydrogen (secondary N) is 1. The summed E-state index contributed by atoms with van der Waals surface area (Å²) in [5, 5.41) is 12.9. The fourth-order valence-corrected chi connectivity index (χ4v) is 2.04. The van der Waals surface area contributed by atoms with Crippen LogP contribution in [0.5, 0.6) is 5.75 Å². The van der Waals surface area contributed by atoms with Gasteiger partial charge in [-0.05, 0) is 41.8 Å². The van der Waals surface area contributed by atoms with E-state index in [1.54, 1.807) is 6.07 Å². The number of amides is 1. The molecule has 0 heterocycles. The van der Waals surface area contributed by atoms with E-state index >= 15 is 0 Å². The molecule has 0 aliphatic rings. The summed E-state index contributed by atoms with van der Waals surface area (Å²) < 4.78 is 0. The molecular weight excluding hydrogens is 274 g/mol. The molecule has 2 rings (SSSR count). The molecule has 1 amide bonds. The van der Waals surface area contributed by atoms with Gasteiger partial charge in [-0.2, -0.15) is 0 Å². The number of carbonyl (C=O) groups excluding carboxylic acids is 1. The first-order valence-corrected chi connectivity index (χ1v) is 6.75. The lowest BCUT2D eigenvalue weighted by Gasteiger charge is -2.10. The molecule has 0 saturated carbocycles. The van der Waals surface area contributed by atoms with Gasteiger partial charge < -0.3 is 10.4 Å². The second kappa shape index (κ2) is 5.97. The molecule has 4 heteroatoms. The lowest BCUT2D eigenvalue weighted by atomic mass is 10.0. The summed E-state index contributed by atoms with van der Waals surface area (Å²) >= 11 is 5.75. The van der Waals surface area contributed by atoms with Gasteiger partial charge in [0.1, 0.15) is 5.75 Å². The van der Waals surface area contributed by atoms with E-state index < -0.39 is 0 Å². The van der Waals surface area contributed by atoms with Crippen LogP contribution in [0.1, 0.15) is 35.7 Å². The van der Waals surface area contributed by atoms with Crippen LogP contribution in [0, 0.1) is 0 Å². The maximum absolute atomic E-state index is 12.1. The number of hydrogen-bond donors (Lipinski definition) is 2. The lowest BCUT2D eigenvalue weighted by molar-refractivity contribution is 0.102. The zero-order valence-corrected chi connectivity index (χ0v) is 12.1. The number of hydrogen-bond acceptors (Lipinski definition) is 2. The highest BCUT2D eigenvalue weighted by atomic mass is 35.5. The first kappa shape index (κ1) is 14.4. The Morgan fingerprint density at radius 2 is 1.95 bits per heavy atom. The van der Waals surface area contributed by atoms with E-state index in [2.05, 4.69) is 19.2 Å². The number of aromatic hydroxyl groups is 1. The van der Waals surface area contributed by atoms with E-state index in [9.17, 15) is 9.90 Å². The van der Waals surface area contributed by atoms with Gasteiger partial charge in [-0.3, -0.25) is 4.79 Å². The van der Waals surface area contributed by atoms with Crippen molar-refractivity contribution in [2.75, 3.05) is 5.32 Å². The van der Waals surface area contributed by atoms with Gasteiger partial charge in [0.25, 0.3) is 5.91 Å². The molecule has 2 aromatic rings. The van der Waals surface area contributed by atoms with Crippen molar-refractivity contribution in [3.8, 4) is 5.75 Å².